The highest BCUT2D eigenvalue weighted by atomic mass is 16.2. The van der Waals surface area contributed by atoms with Crippen molar-refractivity contribution in [1.82, 2.24) is 20.0 Å². The topological polar surface area (TPSA) is 94.2 Å². The Labute approximate surface area is 210 Å². The quantitative estimate of drug-likeness (QED) is 0.257. The number of aromatic amines is 2. The number of benzene rings is 3. The van der Waals surface area contributed by atoms with Gasteiger partial charge >= 0.3 is 0 Å². The monoisotopic (exact) mass is 481 g/mol. The third-order valence-corrected chi connectivity index (χ3v) is 6.71. The van der Waals surface area contributed by atoms with Gasteiger partial charge in [0.25, 0.3) is 11.8 Å². The Morgan fingerprint density at radius 2 is 1.24 bits per heavy atom. The van der Waals surface area contributed by atoms with E-state index in [0.717, 1.165) is 37.7 Å². The van der Waals surface area contributed by atoms with E-state index in [1.54, 1.807) is 12.4 Å². The van der Waals surface area contributed by atoms with Gasteiger partial charge in [-0.1, -0.05) is 60.7 Å². The van der Waals surface area contributed by atoms with E-state index >= 15 is 0 Å². The number of hydrogen-bond donors (Lipinski definition) is 2. The average Bonchev–Trinajstić information content (AvgIpc) is 3.61. The molecule has 176 valence electrons. The first-order valence-corrected chi connectivity index (χ1v) is 11.8. The highest BCUT2D eigenvalue weighted by molar-refractivity contribution is 6.50. The molecule has 1 aliphatic rings. The number of fused-ring (bicyclic) bond motifs is 3. The van der Waals surface area contributed by atoms with Crippen molar-refractivity contribution in [2.45, 2.75) is 0 Å². The molecule has 0 saturated carbocycles. The minimum Gasteiger partial charge on any atom is -0.361 e. The fourth-order valence-electron chi connectivity index (χ4n) is 4.95. The summed E-state index contributed by atoms with van der Waals surface area (Å²) >= 11 is 0. The van der Waals surface area contributed by atoms with E-state index in [1.165, 1.54) is 6.21 Å². The van der Waals surface area contributed by atoms with E-state index < -0.39 is 11.8 Å². The molecule has 2 N–H and O–H groups in total. The summed E-state index contributed by atoms with van der Waals surface area (Å²) in [6, 6.07) is 26.9. The number of pyridine rings is 1. The number of H-pyrrole nitrogens is 2. The Kier molecular flexibility index (Phi) is 4.62. The van der Waals surface area contributed by atoms with E-state index in [2.05, 4.69) is 20.1 Å². The summed E-state index contributed by atoms with van der Waals surface area (Å²) in [4.78, 5) is 38.7. The Morgan fingerprint density at radius 3 is 1.89 bits per heavy atom. The molecule has 3 aromatic heterocycles. The van der Waals surface area contributed by atoms with E-state index in [9.17, 15) is 9.59 Å². The fourth-order valence-corrected chi connectivity index (χ4v) is 4.95. The summed E-state index contributed by atoms with van der Waals surface area (Å²) in [6.07, 6.45) is 5.00. The maximum atomic E-state index is 13.8. The molecular formula is C30H19N5O2. The number of hydrogen-bond acceptors (Lipinski definition) is 4. The maximum Gasteiger partial charge on any atom is 0.283 e. The summed E-state index contributed by atoms with van der Waals surface area (Å²) in [7, 11) is 0. The van der Waals surface area contributed by atoms with E-state index in [-0.39, 0.29) is 0 Å². The van der Waals surface area contributed by atoms with Crippen molar-refractivity contribution in [2.24, 2.45) is 5.10 Å². The highest BCUT2D eigenvalue weighted by Crippen LogP contribution is 2.40. The summed E-state index contributed by atoms with van der Waals surface area (Å²) in [6.45, 7) is 0. The third-order valence-electron chi connectivity index (χ3n) is 6.71. The van der Waals surface area contributed by atoms with Crippen LogP contribution in [0.1, 0.15) is 16.8 Å². The van der Waals surface area contributed by atoms with Gasteiger partial charge in [-0.2, -0.15) is 10.1 Å². The van der Waals surface area contributed by atoms with Gasteiger partial charge in [-0.05, 0) is 24.3 Å². The first-order chi connectivity index (χ1) is 18.2. The molecule has 7 nitrogen and oxygen atoms in total. The second-order valence-electron chi connectivity index (χ2n) is 8.84. The number of nitrogens with one attached hydrogen (secondary N) is 2. The second kappa shape index (κ2) is 8.13. The molecule has 3 aromatic carbocycles. The van der Waals surface area contributed by atoms with Crippen LogP contribution >= 0.6 is 0 Å². The Hall–Kier alpha value is -5.30. The third kappa shape index (κ3) is 3.29. The van der Waals surface area contributed by atoms with Crippen LogP contribution < -0.4 is 0 Å². The highest BCUT2D eigenvalue weighted by Gasteiger charge is 2.41. The Bertz CT molecular complexity index is 1850. The Morgan fingerprint density at radius 1 is 0.676 bits per heavy atom. The van der Waals surface area contributed by atoms with Gasteiger partial charge in [0.1, 0.15) is 0 Å². The van der Waals surface area contributed by atoms with Crippen molar-refractivity contribution >= 4 is 61.9 Å². The molecule has 0 saturated heterocycles. The van der Waals surface area contributed by atoms with Crippen molar-refractivity contribution in [3.63, 3.8) is 0 Å². The van der Waals surface area contributed by atoms with Crippen molar-refractivity contribution in [2.75, 3.05) is 0 Å². The van der Waals surface area contributed by atoms with Crippen LogP contribution in [0.25, 0.3) is 43.9 Å². The molecule has 0 aliphatic carbocycles. The zero-order valence-electron chi connectivity index (χ0n) is 19.5. The number of imide groups is 1. The molecule has 7 rings (SSSR count). The molecule has 0 unspecified atom stereocenters. The zero-order chi connectivity index (χ0) is 24.9. The fraction of sp³-hybridized carbons (Fsp3) is 0. The number of carbonyl (C=O) groups is 2. The molecule has 7 heteroatoms. The largest absolute Gasteiger partial charge is 0.361 e. The van der Waals surface area contributed by atoms with Crippen molar-refractivity contribution in [1.29, 1.82) is 0 Å². The minimum absolute atomic E-state index is 0.316. The van der Waals surface area contributed by atoms with E-state index in [0.29, 0.717) is 28.0 Å². The smallest absolute Gasteiger partial charge is 0.283 e. The number of carbonyl (C=O) groups excluding carboxylic acids is 2. The molecule has 6 aromatic rings. The number of para-hydroxylation sites is 3. The molecule has 0 bridgehead atoms. The van der Waals surface area contributed by atoms with Crippen LogP contribution in [-0.2, 0) is 9.59 Å². The number of hydrazone groups is 1. The predicted octanol–water partition coefficient (Wildman–Crippen LogP) is 5.51. The van der Waals surface area contributed by atoms with Gasteiger partial charge in [0.2, 0.25) is 0 Å². The first-order valence-electron chi connectivity index (χ1n) is 11.8. The SMILES string of the molecule is O=C1C(c2c[nH]c3ccccc23)=C(c2c[nH]c3ccccc23)C(=O)N1/N=C/c1ccc2ccccc2n1. The van der Waals surface area contributed by atoms with Gasteiger partial charge in [-0.3, -0.25) is 9.59 Å². The summed E-state index contributed by atoms with van der Waals surface area (Å²) in [5.41, 5.74) is 5.07. The summed E-state index contributed by atoms with van der Waals surface area (Å²) in [5, 5.41) is 7.98. The number of rotatable bonds is 4. The lowest BCUT2D eigenvalue weighted by Crippen LogP contribution is -2.26. The number of nitrogens with zero attached hydrogens (tertiary/aromatic N) is 3. The van der Waals surface area contributed by atoms with E-state index in [4.69, 9.17) is 0 Å². The van der Waals surface area contributed by atoms with Crippen molar-refractivity contribution < 1.29 is 9.59 Å². The normalized spacial score (nSPS) is 14.3. The predicted molar refractivity (Wildman–Crippen MR) is 145 cm³/mol. The van der Waals surface area contributed by atoms with Crippen LogP contribution in [0.15, 0.2) is 102 Å². The summed E-state index contributed by atoms with van der Waals surface area (Å²) in [5.74, 6) is -0.959. The molecule has 37 heavy (non-hydrogen) atoms. The van der Waals surface area contributed by atoms with Crippen LogP contribution in [0.5, 0.6) is 0 Å². The molecule has 0 atom stereocenters. The molecule has 0 spiro atoms. The van der Waals surface area contributed by atoms with Crippen LogP contribution in [0, 0.1) is 0 Å². The minimum atomic E-state index is -0.480. The van der Waals surface area contributed by atoms with Gasteiger partial charge in [0.05, 0.1) is 28.6 Å². The Balaban J connectivity index is 1.38. The lowest BCUT2D eigenvalue weighted by atomic mass is 9.95. The van der Waals surface area contributed by atoms with E-state index in [1.807, 2.05) is 84.9 Å². The standard InChI is InChI=1S/C30H19N5O2/c36-29-27(22-16-31-25-11-5-2-8-20(22)25)28(23-17-32-26-12-6-3-9-21(23)26)30(37)35(29)33-15-19-14-13-18-7-1-4-10-24(18)34-19/h1-17,31-32H/b33-15+. The maximum absolute atomic E-state index is 13.8. The zero-order valence-corrected chi connectivity index (χ0v) is 19.5. The molecule has 1 aliphatic heterocycles. The van der Waals surface area contributed by atoms with Gasteiger partial charge in [0.15, 0.2) is 0 Å². The average molecular weight is 482 g/mol. The molecule has 2 amide bonds. The first kappa shape index (κ1) is 21.0. The number of aromatic nitrogens is 3. The summed E-state index contributed by atoms with van der Waals surface area (Å²) < 4.78 is 0. The van der Waals surface area contributed by atoms with Gasteiger partial charge < -0.3 is 9.97 Å². The number of amides is 2. The lowest BCUT2D eigenvalue weighted by Gasteiger charge is -2.08. The van der Waals surface area contributed by atoms with Crippen LogP contribution in [-0.4, -0.2) is 38.0 Å². The molecule has 4 heterocycles. The molecular weight excluding hydrogens is 462 g/mol. The van der Waals surface area contributed by atoms with Crippen LogP contribution in [0.3, 0.4) is 0 Å². The molecule has 0 radical (unpaired) electrons. The van der Waals surface area contributed by atoms with Crippen molar-refractivity contribution in [3.05, 3.63) is 114 Å². The van der Waals surface area contributed by atoms with Gasteiger partial charge in [0, 0.05) is 50.7 Å². The van der Waals surface area contributed by atoms with Gasteiger partial charge in [-0.25, -0.2) is 4.98 Å². The van der Waals surface area contributed by atoms with Crippen LogP contribution in [0.4, 0.5) is 0 Å². The van der Waals surface area contributed by atoms with Crippen LogP contribution in [0.2, 0.25) is 0 Å². The lowest BCUT2D eigenvalue weighted by molar-refractivity contribution is -0.135. The second-order valence-corrected chi connectivity index (χ2v) is 8.84. The molecule has 0 fully saturated rings. The van der Waals surface area contributed by atoms with Gasteiger partial charge in [-0.15, -0.1) is 0 Å². The van der Waals surface area contributed by atoms with Crippen molar-refractivity contribution in [3.8, 4) is 0 Å².